The van der Waals surface area contributed by atoms with Gasteiger partial charge in [-0.3, -0.25) is 19.2 Å². The number of rotatable bonds is 8. The summed E-state index contributed by atoms with van der Waals surface area (Å²) in [6, 6.07) is 17.4. The Morgan fingerprint density at radius 3 is 2.47 bits per heavy atom. The largest absolute Gasteiger partial charge is 0.490 e. The van der Waals surface area contributed by atoms with Gasteiger partial charge in [0.25, 0.3) is 5.91 Å². The molecule has 3 amide bonds. The number of halogens is 2. The van der Waals surface area contributed by atoms with Crippen molar-refractivity contribution < 1.29 is 28.2 Å². The highest BCUT2D eigenvalue weighted by Gasteiger charge is 2.56. The Kier molecular flexibility index (Phi) is 8.12. The van der Waals surface area contributed by atoms with Crippen LogP contribution in [0.5, 0.6) is 11.5 Å². The number of ether oxygens (including phenoxy) is 2. The van der Waals surface area contributed by atoms with Crippen molar-refractivity contribution in [3.05, 3.63) is 97.1 Å². The van der Waals surface area contributed by atoms with E-state index in [-0.39, 0.29) is 23.3 Å². The summed E-state index contributed by atoms with van der Waals surface area (Å²) < 4.78 is 25.6. The maximum atomic E-state index is 13.9. The van der Waals surface area contributed by atoms with Crippen molar-refractivity contribution in [3.63, 3.8) is 0 Å². The number of nitrogens with zero attached hydrogens (tertiary/aromatic N) is 1. The molecule has 0 unspecified atom stereocenters. The number of benzene rings is 3. The number of carbonyl (C=O) groups excluding carboxylic acids is 3. The molecule has 0 radical (unpaired) electrons. The quantitative estimate of drug-likeness (QED) is 0.234. The molecule has 3 atom stereocenters. The molecule has 3 aromatic carbocycles. The normalized spacial score (nSPS) is 19.1. The van der Waals surface area contributed by atoms with Crippen molar-refractivity contribution in [2.24, 2.45) is 5.92 Å². The molecule has 0 aliphatic carbocycles. The van der Waals surface area contributed by atoms with Gasteiger partial charge in [-0.25, -0.2) is 9.29 Å². The summed E-state index contributed by atoms with van der Waals surface area (Å²) in [6.45, 7) is 1.77. The number of anilines is 2. The van der Waals surface area contributed by atoms with E-state index in [2.05, 4.69) is 26.2 Å². The van der Waals surface area contributed by atoms with Crippen molar-refractivity contribution >= 4 is 68.1 Å². The fourth-order valence-electron chi connectivity index (χ4n) is 5.20. The molecular weight excluding hydrogens is 661 g/mol. The van der Waals surface area contributed by atoms with Crippen LogP contribution >= 0.6 is 39.0 Å². The molecular formula is C30H23BrFN3O6S2. The molecule has 1 saturated heterocycles. The highest BCUT2D eigenvalue weighted by Crippen LogP contribution is 2.53. The average molecular weight is 685 g/mol. The highest BCUT2D eigenvalue weighted by atomic mass is 79.9. The van der Waals surface area contributed by atoms with E-state index in [9.17, 15) is 23.6 Å². The van der Waals surface area contributed by atoms with Crippen molar-refractivity contribution in [2.45, 2.75) is 23.1 Å². The van der Waals surface area contributed by atoms with Crippen LogP contribution in [0.2, 0.25) is 0 Å². The van der Waals surface area contributed by atoms with E-state index in [0.29, 0.717) is 44.9 Å². The third-order valence-electron chi connectivity index (χ3n) is 7.02. The number of nitrogens with one attached hydrogen (secondary N) is 2. The summed E-state index contributed by atoms with van der Waals surface area (Å²) in [4.78, 5) is 56.9. The molecule has 6 rings (SSSR count). The van der Waals surface area contributed by atoms with Crippen molar-refractivity contribution in [1.29, 1.82) is 0 Å². The fourth-order valence-corrected chi connectivity index (χ4v) is 7.98. The number of hydrogen-bond acceptors (Lipinski definition) is 8. The molecule has 0 saturated carbocycles. The molecule has 1 aromatic heterocycles. The molecule has 13 heteroatoms. The molecule has 2 N–H and O–H groups in total. The van der Waals surface area contributed by atoms with Crippen molar-refractivity contribution in [2.75, 3.05) is 23.4 Å². The molecule has 43 heavy (non-hydrogen) atoms. The molecule has 2 aliphatic rings. The van der Waals surface area contributed by atoms with E-state index >= 15 is 0 Å². The number of imide groups is 1. The van der Waals surface area contributed by atoms with Gasteiger partial charge < -0.3 is 19.8 Å². The summed E-state index contributed by atoms with van der Waals surface area (Å²) in [5.41, 5.74) is 1.56. The van der Waals surface area contributed by atoms with E-state index in [1.165, 1.54) is 40.9 Å². The first-order valence-corrected chi connectivity index (χ1v) is 15.7. The monoisotopic (exact) mass is 683 g/mol. The lowest BCUT2D eigenvalue weighted by molar-refractivity contribution is -0.122. The number of H-pyrrole nitrogens is 1. The Labute approximate surface area is 261 Å². The second-order valence-electron chi connectivity index (χ2n) is 9.72. The van der Waals surface area contributed by atoms with E-state index in [4.69, 9.17) is 9.47 Å². The summed E-state index contributed by atoms with van der Waals surface area (Å²) in [5.74, 6) is -2.28. The molecule has 0 spiro atoms. The van der Waals surface area contributed by atoms with Gasteiger partial charge in [-0.15, -0.1) is 0 Å². The van der Waals surface area contributed by atoms with Gasteiger partial charge in [-0.05, 0) is 73.2 Å². The van der Waals surface area contributed by atoms with Crippen LogP contribution < -0.4 is 24.6 Å². The van der Waals surface area contributed by atoms with E-state index in [0.717, 1.165) is 15.8 Å². The highest BCUT2D eigenvalue weighted by molar-refractivity contribution is 9.10. The van der Waals surface area contributed by atoms with Crippen LogP contribution in [0.3, 0.4) is 0 Å². The van der Waals surface area contributed by atoms with Crippen LogP contribution in [0.25, 0.3) is 0 Å². The number of amides is 3. The van der Waals surface area contributed by atoms with Gasteiger partial charge in [-0.2, -0.15) is 0 Å². The van der Waals surface area contributed by atoms with Gasteiger partial charge >= 0.3 is 4.87 Å². The first-order chi connectivity index (χ1) is 20.7. The summed E-state index contributed by atoms with van der Waals surface area (Å²) in [5, 5.41) is 2.47. The van der Waals surface area contributed by atoms with Crippen LogP contribution in [0.4, 0.5) is 15.8 Å². The van der Waals surface area contributed by atoms with Gasteiger partial charge in [0.1, 0.15) is 11.1 Å². The Balaban J connectivity index is 1.31. The SMILES string of the molecule is CCOc1cc([C@@H]2c3sc(=O)[nH]c3S[C@H]3C(=O)N(c4ccc(Br)cc4)C(=O)[C@@H]23)ccc1OCC(=O)Nc1ccc(F)cc1. The van der Waals surface area contributed by atoms with Crippen LogP contribution in [0, 0.1) is 11.7 Å². The van der Waals surface area contributed by atoms with Gasteiger partial charge in [0.05, 0.1) is 23.2 Å². The Morgan fingerprint density at radius 2 is 1.74 bits per heavy atom. The van der Waals surface area contributed by atoms with E-state index in [1.807, 2.05) is 0 Å². The van der Waals surface area contributed by atoms with E-state index < -0.39 is 28.8 Å². The number of aromatic amines is 1. The molecule has 0 bridgehead atoms. The second kappa shape index (κ2) is 12.0. The zero-order valence-electron chi connectivity index (χ0n) is 22.5. The minimum Gasteiger partial charge on any atom is -0.490 e. The summed E-state index contributed by atoms with van der Waals surface area (Å²) in [7, 11) is 0. The standard InChI is InChI=1S/C30H23BrFN3O6S2/c1-2-40-21-13-15(3-12-20(21)41-14-22(36)33-18-8-6-17(32)7-9-18)23-24-26(42-27-25(23)43-30(39)34-27)29(38)35(28(24)37)19-10-4-16(31)5-11-19/h3-13,23-24,26H,2,14H2,1H3,(H,33,36)(H,34,39)/t23-,24-,26+/m0/s1. The van der Waals surface area contributed by atoms with Crippen LogP contribution in [-0.2, 0) is 14.4 Å². The van der Waals surface area contributed by atoms with Crippen LogP contribution in [0.1, 0.15) is 23.3 Å². The fraction of sp³-hybridized carbons (Fsp3) is 0.200. The molecule has 9 nitrogen and oxygen atoms in total. The van der Waals surface area contributed by atoms with Gasteiger partial charge in [0, 0.05) is 21.0 Å². The number of aromatic nitrogens is 1. The number of thioether (sulfide) groups is 1. The zero-order chi connectivity index (χ0) is 30.2. The number of thiazole rings is 1. The second-order valence-corrected chi connectivity index (χ2v) is 12.8. The van der Waals surface area contributed by atoms with E-state index in [1.54, 1.807) is 49.4 Å². The van der Waals surface area contributed by atoms with Crippen LogP contribution in [-0.4, -0.2) is 41.2 Å². The lowest BCUT2D eigenvalue weighted by atomic mass is 9.83. The van der Waals surface area contributed by atoms with Gasteiger partial charge in [-0.1, -0.05) is 45.1 Å². The predicted octanol–water partition coefficient (Wildman–Crippen LogP) is 5.55. The minimum atomic E-state index is -0.761. The van der Waals surface area contributed by atoms with Crippen molar-refractivity contribution in [3.8, 4) is 11.5 Å². The van der Waals surface area contributed by atoms with Gasteiger partial charge in [0.15, 0.2) is 18.1 Å². The maximum Gasteiger partial charge on any atom is 0.305 e. The number of fused-ring (bicyclic) bond motifs is 2. The summed E-state index contributed by atoms with van der Waals surface area (Å²) in [6.07, 6.45) is 0. The third-order valence-corrected chi connectivity index (χ3v) is 9.95. The lowest BCUT2D eigenvalue weighted by Gasteiger charge is -2.30. The molecule has 220 valence electrons. The molecule has 3 heterocycles. The zero-order valence-corrected chi connectivity index (χ0v) is 25.7. The minimum absolute atomic E-state index is 0.274. The Morgan fingerprint density at radius 1 is 1.00 bits per heavy atom. The van der Waals surface area contributed by atoms with Gasteiger partial charge in [0.2, 0.25) is 11.8 Å². The topological polar surface area (TPSA) is 118 Å². The number of hydrogen-bond donors (Lipinski definition) is 2. The Bertz CT molecular complexity index is 1780. The van der Waals surface area contributed by atoms with Crippen molar-refractivity contribution in [1.82, 2.24) is 4.98 Å². The first kappa shape index (κ1) is 29.1. The maximum absolute atomic E-state index is 13.9. The molecule has 1 fully saturated rings. The molecule has 2 aliphatic heterocycles. The van der Waals surface area contributed by atoms with Crippen LogP contribution in [0.15, 0.2) is 81.0 Å². The molecule has 4 aromatic rings. The predicted molar refractivity (Wildman–Crippen MR) is 165 cm³/mol. The number of carbonyl (C=O) groups is 3. The average Bonchev–Trinajstić information content (AvgIpc) is 3.48. The lowest BCUT2D eigenvalue weighted by Crippen LogP contribution is -2.32. The third kappa shape index (κ3) is 5.71. The Hall–Kier alpha value is -3.94. The smallest absolute Gasteiger partial charge is 0.305 e. The summed E-state index contributed by atoms with van der Waals surface area (Å²) >= 11 is 5.60. The first-order valence-electron chi connectivity index (χ1n) is 13.2.